The van der Waals surface area contributed by atoms with E-state index in [1.807, 2.05) is 0 Å². The fourth-order valence-corrected chi connectivity index (χ4v) is 2.42. The van der Waals surface area contributed by atoms with Gasteiger partial charge in [-0.25, -0.2) is 0 Å². The molecule has 0 spiro atoms. The summed E-state index contributed by atoms with van der Waals surface area (Å²) in [6.45, 7) is -0.424. The lowest BCUT2D eigenvalue weighted by molar-refractivity contribution is -0.137. The van der Waals surface area contributed by atoms with Crippen LogP contribution in [0.5, 0.6) is 11.6 Å². The number of ether oxygens (including phenoxy) is 2. The molecular formula is C20H16F3N3O3. The van der Waals surface area contributed by atoms with Gasteiger partial charge in [0.15, 0.2) is 6.61 Å². The van der Waals surface area contributed by atoms with E-state index in [1.165, 1.54) is 19.2 Å². The quantitative estimate of drug-likeness (QED) is 0.668. The first kappa shape index (κ1) is 20.1. The van der Waals surface area contributed by atoms with E-state index in [0.29, 0.717) is 17.3 Å². The fraction of sp³-hybridized carbons (Fsp3) is 0.150. The highest BCUT2D eigenvalue weighted by atomic mass is 19.4. The minimum absolute atomic E-state index is 0.0385. The smallest absolute Gasteiger partial charge is 0.416 e. The molecule has 9 heteroatoms. The zero-order chi connectivity index (χ0) is 20.9. The maximum atomic E-state index is 12.7. The van der Waals surface area contributed by atoms with Crippen molar-refractivity contribution in [3.05, 3.63) is 66.2 Å². The lowest BCUT2D eigenvalue weighted by Crippen LogP contribution is -2.20. The van der Waals surface area contributed by atoms with Crippen LogP contribution in [0.4, 0.5) is 18.9 Å². The predicted molar refractivity (Wildman–Crippen MR) is 99.6 cm³/mol. The van der Waals surface area contributed by atoms with Gasteiger partial charge in [0.25, 0.3) is 5.91 Å². The molecule has 3 aromatic rings. The average molecular weight is 403 g/mol. The summed E-state index contributed by atoms with van der Waals surface area (Å²) in [5, 5.41) is 10.5. The summed E-state index contributed by atoms with van der Waals surface area (Å²) in [5.74, 6) is -0.138. The van der Waals surface area contributed by atoms with E-state index < -0.39 is 24.3 Å². The summed E-state index contributed by atoms with van der Waals surface area (Å²) in [5.41, 5.74) is 1.09. The van der Waals surface area contributed by atoms with Crippen LogP contribution in [-0.4, -0.2) is 29.8 Å². The number of alkyl halides is 3. The van der Waals surface area contributed by atoms with Crippen LogP contribution < -0.4 is 14.8 Å². The van der Waals surface area contributed by atoms with Gasteiger partial charge in [-0.1, -0.05) is 18.2 Å². The second-order valence-electron chi connectivity index (χ2n) is 5.90. The van der Waals surface area contributed by atoms with Crippen molar-refractivity contribution in [2.45, 2.75) is 6.18 Å². The number of rotatable bonds is 6. The minimum Gasteiger partial charge on any atom is -0.484 e. The molecule has 0 saturated carbocycles. The predicted octanol–water partition coefficient (Wildman–Crippen LogP) is 4.19. The van der Waals surface area contributed by atoms with E-state index in [1.54, 1.807) is 36.4 Å². The number of hydrogen-bond acceptors (Lipinski definition) is 5. The van der Waals surface area contributed by atoms with Gasteiger partial charge < -0.3 is 14.8 Å². The number of benzene rings is 2. The minimum atomic E-state index is -4.47. The molecule has 0 saturated heterocycles. The monoisotopic (exact) mass is 403 g/mol. The van der Waals surface area contributed by atoms with Crippen molar-refractivity contribution < 1.29 is 27.4 Å². The summed E-state index contributed by atoms with van der Waals surface area (Å²) in [4.78, 5) is 12.0. The molecule has 0 unspecified atom stereocenters. The summed E-state index contributed by atoms with van der Waals surface area (Å²) in [7, 11) is 1.50. The van der Waals surface area contributed by atoms with Crippen molar-refractivity contribution in [2.24, 2.45) is 0 Å². The Hall–Kier alpha value is -3.62. The molecule has 2 aromatic carbocycles. The fourth-order valence-electron chi connectivity index (χ4n) is 2.42. The molecule has 1 heterocycles. The van der Waals surface area contributed by atoms with Crippen LogP contribution in [0.2, 0.25) is 0 Å². The molecule has 29 heavy (non-hydrogen) atoms. The number of amides is 1. The highest BCUT2D eigenvalue weighted by molar-refractivity contribution is 5.92. The Labute approximate surface area is 164 Å². The summed E-state index contributed by atoms with van der Waals surface area (Å²) < 4.78 is 48.2. The molecule has 1 aromatic heterocycles. The largest absolute Gasteiger partial charge is 0.484 e. The Bertz CT molecular complexity index is 975. The van der Waals surface area contributed by atoms with Gasteiger partial charge in [-0.05, 0) is 36.4 Å². The Balaban J connectivity index is 1.57. The van der Waals surface area contributed by atoms with E-state index in [2.05, 4.69) is 15.5 Å². The van der Waals surface area contributed by atoms with E-state index in [0.717, 1.165) is 17.7 Å². The van der Waals surface area contributed by atoms with Crippen molar-refractivity contribution in [2.75, 3.05) is 19.0 Å². The molecule has 3 rings (SSSR count). The Morgan fingerprint density at radius 3 is 2.41 bits per heavy atom. The maximum absolute atomic E-state index is 12.7. The maximum Gasteiger partial charge on any atom is 0.416 e. The van der Waals surface area contributed by atoms with Crippen molar-refractivity contribution in [1.29, 1.82) is 0 Å². The van der Waals surface area contributed by atoms with Gasteiger partial charge in [-0.15, -0.1) is 10.2 Å². The van der Waals surface area contributed by atoms with Gasteiger partial charge in [0.2, 0.25) is 5.88 Å². The molecular weight excluding hydrogens is 387 g/mol. The molecule has 6 nitrogen and oxygen atoms in total. The van der Waals surface area contributed by atoms with Crippen LogP contribution in [0.1, 0.15) is 5.56 Å². The molecule has 1 amide bonds. The molecule has 0 aliphatic heterocycles. The van der Waals surface area contributed by atoms with E-state index in [-0.39, 0.29) is 5.75 Å². The molecule has 0 bridgehead atoms. The van der Waals surface area contributed by atoms with Crippen LogP contribution in [-0.2, 0) is 11.0 Å². The Kier molecular flexibility index (Phi) is 5.96. The molecule has 0 atom stereocenters. The number of methoxy groups -OCH3 is 1. The zero-order valence-corrected chi connectivity index (χ0v) is 15.2. The van der Waals surface area contributed by atoms with Crippen LogP contribution in [0.25, 0.3) is 11.3 Å². The number of carbonyl (C=O) groups excluding carboxylic acids is 1. The van der Waals surface area contributed by atoms with Gasteiger partial charge in [0, 0.05) is 17.3 Å². The molecule has 1 N–H and O–H groups in total. The SMILES string of the molecule is COc1ccc(-c2ccc(NC(=O)COc3cccc(C(F)(F)F)c3)cc2)nn1. The van der Waals surface area contributed by atoms with Crippen molar-refractivity contribution in [3.8, 4) is 22.9 Å². The third-order valence-electron chi connectivity index (χ3n) is 3.84. The zero-order valence-electron chi connectivity index (χ0n) is 15.2. The lowest BCUT2D eigenvalue weighted by atomic mass is 10.1. The number of nitrogens with zero attached hydrogens (tertiary/aromatic N) is 2. The lowest BCUT2D eigenvalue weighted by Gasteiger charge is -2.10. The van der Waals surface area contributed by atoms with Crippen LogP contribution >= 0.6 is 0 Å². The topological polar surface area (TPSA) is 73.3 Å². The van der Waals surface area contributed by atoms with Crippen molar-refractivity contribution >= 4 is 11.6 Å². The number of halogens is 3. The number of aromatic nitrogens is 2. The summed E-state index contributed by atoms with van der Waals surface area (Å²) in [6, 6.07) is 14.6. The van der Waals surface area contributed by atoms with E-state index in [9.17, 15) is 18.0 Å². The van der Waals surface area contributed by atoms with Crippen LogP contribution in [0.3, 0.4) is 0 Å². The first-order valence-corrected chi connectivity index (χ1v) is 8.43. The van der Waals surface area contributed by atoms with Crippen molar-refractivity contribution in [3.63, 3.8) is 0 Å². The van der Waals surface area contributed by atoms with E-state index in [4.69, 9.17) is 9.47 Å². The van der Waals surface area contributed by atoms with Crippen molar-refractivity contribution in [1.82, 2.24) is 10.2 Å². The third-order valence-corrected chi connectivity index (χ3v) is 3.84. The third kappa shape index (κ3) is 5.44. The van der Waals surface area contributed by atoms with Gasteiger partial charge in [-0.2, -0.15) is 13.2 Å². The van der Waals surface area contributed by atoms with Gasteiger partial charge in [0.05, 0.1) is 18.4 Å². The van der Waals surface area contributed by atoms with Gasteiger partial charge in [0.1, 0.15) is 5.75 Å². The normalized spacial score (nSPS) is 11.0. The van der Waals surface area contributed by atoms with Gasteiger partial charge in [-0.3, -0.25) is 4.79 Å². The molecule has 0 aliphatic carbocycles. The van der Waals surface area contributed by atoms with Gasteiger partial charge >= 0.3 is 6.18 Å². The van der Waals surface area contributed by atoms with Crippen LogP contribution in [0, 0.1) is 0 Å². The standard InChI is InChI=1S/C20H16F3N3O3/c1-28-19-10-9-17(25-26-19)13-5-7-15(8-6-13)24-18(27)12-29-16-4-2-3-14(11-16)20(21,22)23/h2-11H,12H2,1H3,(H,24,27). The Morgan fingerprint density at radius 2 is 1.79 bits per heavy atom. The van der Waals surface area contributed by atoms with Crippen LogP contribution in [0.15, 0.2) is 60.7 Å². The highest BCUT2D eigenvalue weighted by Crippen LogP contribution is 2.31. The van der Waals surface area contributed by atoms with E-state index >= 15 is 0 Å². The Morgan fingerprint density at radius 1 is 1.03 bits per heavy atom. The second-order valence-corrected chi connectivity index (χ2v) is 5.90. The summed E-state index contributed by atoms with van der Waals surface area (Å²) in [6.07, 6.45) is -4.47. The highest BCUT2D eigenvalue weighted by Gasteiger charge is 2.30. The second kappa shape index (κ2) is 8.59. The summed E-state index contributed by atoms with van der Waals surface area (Å²) >= 11 is 0. The molecule has 0 aliphatic rings. The average Bonchev–Trinajstić information content (AvgIpc) is 2.72. The molecule has 0 radical (unpaired) electrons. The number of anilines is 1. The first-order valence-electron chi connectivity index (χ1n) is 8.43. The molecule has 150 valence electrons. The number of hydrogen-bond donors (Lipinski definition) is 1. The molecule has 0 fully saturated rings. The number of nitrogens with one attached hydrogen (secondary N) is 1. The first-order chi connectivity index (χ1) is 13.8. The number of carbonyl (C=O) groups is 1.